The summed E-state index contributed by atoms with van der Waals surface area (Å²) >= 11 is 0. The summed E-state index contributed by atoms with van der Waals surface area (Å²) in [6.07, 6.45) is -0.116. The lowest BCUT2D eigenvalue weighted by Gasteiger charge is -2.19. The summed E-state index contributed by atoms with van der Waals surface area (Å²) in [5.41, 5.74) is 3.89. The second-order valence-corrected chi connectivity index (χ2v) is 7.45. The number of benzene rings is 1. The largest absolute Gasteiger partial charge is 0.481 e. The Morgan fingerprint density at radius 3 is 2.52 bits per heavy atom. The van der Waals surface area contributed by atoms with Crippen molar-refractivity contribution in [3.8, 4) is 11.3 Å². The first kappa shape index (κ1) is 20.5. The summed E-state index contributed by atoms with van der Waals surface area (Å²) in [5.74, 6) is -0.337. The number of carboxylic acid groups (broad SMARTS) is 1. The van der Waals surface area contributed by atoms with Crippen molar-refractivity contribution in [2.24, 2.45) is 0 Å². The summed E-state index contributed by atoms with van der Waals surface area (Å²) in [7, 11) is 0. The average Bonchev–Trinajstić information content (AvgIpc) is 3.10. The van der Waals surface area contributed by atoms with Gasteiger partial charge in [-0.15, -0.1) is 0 Å². The van der Waals surface area contributed by atoms with E-state index in [0.29, 0.717) is 28.3 Å². The van der Waals surface area contributed by atoms with Gasteiger partial charge < -0.3 is 9.63 Å². The van der Waals surface area contributed by atoms with Crippen LogP contribution in [0.4, 0.5) is 0 Å². The zero-order valence-corrected chi connectivity index (χ0v) is 17.5. The highest BCUT2D eigenvalue weighted by molar-refractivity contribution is 5.76. The van der Waals surface area contributed by atoms with Crippen molar-refractivity contribution in [3.05, 3.63) is 75.5 Å². The molecular formula is C23H22N4O4. The van der Waals surface area contributed by atoms with Crippen molar-refractivity contribution in [3.63, 3.8) is 0 Å². The molecule has 1 atom stereocenters. The number of aryl methyl sites for hydroxylation is 3. The molecule has 0 aliphatic carbocycles. The first-order valence-electron chi connectivity index (χ1n) is 9.99. The van der Waals surface area contributed by atoms with E-state index in [1.807, 2.05) is 57.2 Å². The van der Waals surface area contributed by atoms with Crippen LogP contribution in [0.3, 0.4) is 0 Å². The number of fused-ring (bicyclic) bond motifs is 1. The van der Waals surface area contributed by atoms with Gasteiger partial charge in [-0.2, -0.15) is 0 Å². The fraction of sp³-hybridized carbons (Fsp3) is 0.261. The van der Waals surface area contributed by atoms with Gasteiger partial charge in [0.2, 0.25) is 0 Å². The lowest BCUT2D eigenvalue weighted by atomic mass is 10.1. The van der Waals surface area contributed by atoms with Gasteiger partial charge in [0, 0.05) is 6.42 Å². The fourth-order valence-electron chi connectivity index (χ4n) is 3.75. The fourth-order valence-corrected chi connectivity index (χ4v) is 3.75. The minimum Gasteiger partial charge on any atom is -0.481 e. The Labute approximate surface area is 178 Å². The molecule has 8 nitrogen and oxygen atoms in total. The second-order valence-electron chi connectivity index (χ2n) is 7.45. The van der Waals surface area contributed by atoms with Crippen LogP contribution in [0.25, 0.3) is 22.4 Å². The van der Waals surface area contributed by atoms with Gasteiger partial charge in [0.1, 0.15) is 17.0 Å². The number of rotatable bonds is 6. The van der Waals surface area contributed by atoms with Crippen molar-refractivity contribution in [1.29, 1.82) is 0 Å². The molecule has 4 rings (SSSR count). The molecule has 0 saturated heterocycles. The highest BCUT2D eigenvalue weighted by Gasteiger charge is 2.21. The summed E-state index contributed by atoms with van der Waals surface area (Å²) < 4.78 is 6.87. The smallest absolute Gasteiger partial charge is 0.303 e. The summed E-state index contributed by atoms with van der Waals surface area (Å²) in [6.45, 7) is 5.57. The van der Waals surface area contributed by atoms with Gasteiger partial charge in [0.25, 0.3) is 5.56 Å². The van der Waals surface area contributed by atoms with E-state index in [0.717, 1.165) is 11.1 Å². The monoisotopic (exact) mass is 418 g/mol. The number of nitrogens with zero attached hydrogens (tertiary/aromatic N) is 4. The molecule has 31 heavy (non-hydrogen) atoms. The van der Waals surface area contributed by atoms with E-state index in [1.54, 1.807) is 10.6 Å². The van der Waals surface area contributed by atoms with Crippen LogP contribution in [0.15, 0.2) is 51.8 Å². The number of pyridine rings is 1. The van der Waals surface area contributed by atoms with E-state index in [2.05, 4.69) is 10.1 Å². The lowest BCUT2D eigenvalue weighted by Crippen LogP contribution is -2.29. The molecule has 0 aliphatic heterocycles. The summed E-state index contributed by atoms with van der Waals surface area (Å²) in [6, 6.07) is 12.9. The van der Waals surface area contributed by atoms with Crippen LogP contribution in [0.5, 0.6) is 0 Å². The molecule has 158 valence electrons. The van der Waals surface area contributed by atoms with E-state index in [1.165, 1.54) is 0 Å². The third kappa shape index (κ3) is 3.84. The third-order valence-electron chi connectivity index (χ3n) is 5.34. The van der Waals surface area contributed by atoms with Gasteiger partial charge in [0.05, 0.1) is 29.4 Å². The Kier molecular flexibility index (Phi) is 5.37. The predicted molar refractivity (Wildman–Crippen MR) is 115 cm³/mol. The Hall–Kier alpha value is -3.81. The molecule has 0 unspecified atom stereocenters. The predicted octanol–water partition coefficient (Wildman–Crippen LogP) is 3.69. The maximum absolute atomic E-state index is 13.4. The molecule has 0 radical (unpaired) electrons. The molecule has 8 heteroatoms. The van der Waals surface area contributed by atoms with Crippen LogP contribution in [0.2, 0.25) is 0 Å². The van der Waals surface area contributed by atoms with Crippen molar-refractivity contribution < 1.29 is 14.4 Å². The van der Waals surface area contributed by atoms with E-state index in [-0.39, 0.29) is 30.1 Å². The maximum Gasteiger partial charge on any atom is 0.303 e. The molecule has 3 heterocycles. The third-order valence-corrected chi connectivity index (χ3v) is 5.34. The minimum atomic E-state index is -0.976. The van der Waals surface area contributed by atoms with E-state index in [4.69, 9.17) is 14.6 Å². The van der Waals surface area contributed by atoms with Gasteiger partial charge in [0.15, 0.2) is 5.65 Å². The molecule has 0 saturated carbocycles. The molecule has 0 spiro atoms. The number of aliphatic carboxylic acids is 1. The van der Waals surface area contributed by atoms with Crippen LogP contribution in [-0.4, -0.2) is 30.8 Å². The standard InChI is InChI=1S/C23H22N4O4/c1-13-21(15(3)31-26-13)17-9-10-18-22(25-17)27(14(2)16-7-5-4-6-8-16)23(30)19(24-18)11-12-20(28)29/h4-10,14H,11-12H2,1-3H3,(H,28,29)/t14-/m0/s1. The normalized spacial score (nSPS) is 12.2. The van der Waals surface area contributed by atoms with Gasteiger partial charge >= 0.3 is 5.97 Å². The van der Waals surface area contributed by atoms with E-state index >= 15 is 0 Å². The first-order valence-corrected chi connectivity index (χ1v) is 9.99. The van der Waals surface area contributed by atoms with Crippen molar-refractivity contribution in [1.82, 2.24) is 19.7 Å². The van der Waals surface area contributed by atoms with Crippen molar-refractivity contribution in [2.75, 3.05) is 0 Å². The summed E-state index contributed by atoms with van der Waals surface area (Å²) in [5, 5.41) is 13.1. The summed E-state index contributed by atoms with van der Waals surface area (Å²) in [4.78, 5) is 33.7. The Morgan fingerprint density at radius 1 is 1.13 bits per heavy atom. The number of hydrogen-bond donors (Lipinski definition) is 1. The highest BCUT2D eigenvalue weighted by Crippen LogP contribution is 2.28. The molecule has 0 amide bonds. The van der Waals surface area contributed by atoms with Crippen LogP contribution < -0.4 is 5.56 Å². The van der Waals surface area contributed by atoms with Crippen LogP contribution in [0.1, 0.15) is 42.1 Å². The molecule has 4 aromatic rings. The Morgan fingerprint density at radius 2 is 1.87 bits per heavy atom. The van der Waals surface area contributed by atoms with Crippen LogP contribution in [0, 0.1) is 13.8 Å². The zero-order valence-electron chi connectivity index (χ0n) is 17.5. The topological polar surface area (TPSA) is 111 Å². The average molecular weight is 418 g/mol. The van der Waals surface area contributed by atoms with Crippen molar-refractivity contribution >= 4 is 17.1 Å². The number of aromatic nitrogens is 4. The van der Waals surface area contributed by atoms with Gasteiger partial charge in [-0.05, 0) is 38.5 Å². The minimum absolute atomic E-state index is 0.0528. The number of hydrogen-bond acceptors (Lipinski definition) is 6. The Balaban J connectivity index is 1.97. The molecule has 0 aliphatic rings. The molecular weight excluding hydrogens is 396 g/mol. The van der Waals surface area contributed by atoms with Crippen molar-refractivity contribution in [2.45, 2.75) is 39.7 Å². The SMILES string of the molecule is Cc1noc(C)c1-c1ccc2nc(CCC(=O)O)c(=O)n([C@@H](C)c3ccccc3)c2n1. The van der Waals surface area contributed by atoms with Crippen LogP contribution >= 0.6 is 0 Å². The lowest BCUT2D eigenvalue weighted by molar-refractivity contribution is -0.136. The first-order chi connectivity index (χ1) is 14.9. The Bertz CT molecular complexity index is 1310. The number of carboxylic acids is 1. The van der Waals surface area contributed by atoms with Gasteiger partial charge in [-0.25, -0.2) is 9.97 Å². The maximum atomic E-state index is 13.4. The van der Waals surface area contributed by atoms with Crippen LogP contribution in [-0.2, 0) is 11.2 Å². The quantitative estimate of drug-likeness (QED) is 0.508. The zero-order chi connectivity index (χ0) is 22.1. The second kappa shape index (κ2) is 8.14. The van der Waals surface area contributed by atoms with E-state index < -0.39 is 5.97 Å². The van der Waals surface area contributed by atoms with E-state index in [9.17, 15) is 9.59 Å². The van der Waals surface area contributed by atoms with Gasteiger partial charge in [-0.3, -0.25) is 14.2 Å². The molecule has 1 N–H and O–H groups in total. The molecule has 1 aromatic carbocycles. The number of carbonyl (C=O) groups is 1. The highest BCUT2D eigenvalue weighted by atomic mass is 16.5. The van der Waals surface area contributed by atoms with Gasteiger partial charge in [-0.1, -0.05) is 35.5 Å². The molecule has 0 bridgehead atoms. The molecule has 0 fully saturated rings. The molecule has 3 aromatic heterocycles.